The average Bonchev–Trinajstić information content (AvgIpc) is 3.08. The molecular formula is C29H36N4O2. The summed E-state index contributed by atoms with van der Waals surface area (Å²) in [4.78, 5) is 22.4. The summed E-state index contributed by atoms with van der Waals surface area (Å²) in [6.07, 6.45) is 7.15. The molecule has 1 saturated carbocycles. The topological polar surface area (TPSA) is 61.6 Å². The summed E-state index contributed by atoms with van der Waals surface area (Å²) in [5.41, 5.74) is 3.87. The van der Waals surface area contributed by atoms with Gasteiger partial charge in [0.25, 0.3) is 5.91 Å². The Bertz CT molecular complexity index is 1090. The van der Waals surface area contributed by atoms with Crippen LogP contribution in [-0.4, -0.2) is 48.0 Å². The minimum atomic E-state index is 0.0161. The average molecular weight is 473 g/mol. The standard InChI is InChI=1S/C29H36N4O2/c1-22-27(21-32-17-19-33(20-18-32)26-11-7-4-8-12-26)31-29(35-22)24-15-13-23(14-16-24)28(34)30-25-9-5-2-3-6-10-25/h4,7-8,11-16,25H,2-3,5-6,9-10,17-21H2,1H3,(H,30,34). The van der Waals surface area contributed by atoms with E-state index in [0.29, 0.717) is 17.5 Å². The van der Waals surface area contributed by atoms with E-state index >= 15 is 0 Å². The Balaban J connectivity index is 1.17. The number of oxazole rings is 1. The second-order valence-electron chi connectivity index (χ2n) is 9.86. The lowest BCUT2D eigenvalue weighted by atomic mass is 10.1. The van der Waals surface area contributed by atoms with Crippen molar-refractivity contribution in [3.05, 3.63) is 71.6 Å². The molecule has 5 rings (SSSR count). The summed E-state index contributed by atoms with van der Waals surface area (Å²) in [6.45, 7) is 6.80. The van der Waals surface area contributed by atoms with Gasteiger partial charge in [-0.15, -0.1) is 0 Å². The highest BCUT2D eigenvalue weighted by atomic mass is 16.4. The van der Waals surface area contributed by atoms with E-state index in [1.165, 1.54) is 31.4 Å². The summed E-state index contributed by atoms with van der Waals surface area (Å²) < 4.78 is 6.02. The summed E-state index contributed by atoms with van der Waals surface area (Å²) in [7, 11) is 0. The molecule has 2 aliphatic rings. The first-order chi connectivity index (χ1) is 17.2. The maximum atomic E-state index is 12.7. The van der Waals surface area contributed by atoms with Gasteiger partial charge in [0.1, 0.15) is 5.76 Å². The number of anilines is 1. The molecule has 1 saturated heterocycles. The Kier molecular flexibility index (Phi) is 7.48. The van der Waals surface area contributed by atoms with E-state index in [-0.39, 0.29) is 5.91 Å². The number of carbonyl (C=O) groups excluding carboxylic acids is 1. The number of carbonyl (C=O) groups is 1. The molecule has 0 atom stereocenters. The summed E-state index contributed by atoms with van der Waals surface area (Å²) >= 11 is 0. The van der Waals surface area contributed by atoms with Crippen molar-refractivity contribution in [1.29, 1.82) is 0 Å². The van der Waals surface area contributed by atoms with Crippen LogP contribution in [0, 0.1) is 6.92 Å². The lowest BCUT2D eigenvalue weighted by Crippen LogP contribution is -2.46. The van der Waals surface area contributed by atoms with Crippen molar-refractivity contribution >= 4 is 11.6 Å². The predicted molar refractivity (Wildman–Crippen MR) is 140 cm³/mol. The summed E-state index contributed by atoms with van der Waals surface area (Å²) in [6, 6.07) is 18.5. The van der Waals surface area contributed by atoms with Crippen LogP contribution in [0.4, 0.5) is 5.69 Å². The van der Waals surface area contributed by atoms with Crippen LogP contribution >= 0.6 is 0 Å². The Morgan fingerprint density at radius 1 is 0.943 bits per heavy atom. The third-order valence-corrected chi connectivity index (χ3v) is 7.34. The molecule has 0 spiro atoms. The van der Waals surface area contributed by atoms with Gasteiger partial charge in [0.05, 0.1) is 5.69 Å². The van der Waals surface area contributed by atoms with Crippen molar-refractivity contribution in [2.75, 3.05) is 31.1 Å². The number of hydrogen-bond acceptors (Lipinski definition) is 5. The van der Waals surface area contributed by atoms with Crippen LogP contribution in [0.2, 0.25) is 0 Å². The lowest BCUT2D eigenvalue weighted by Gasteiger charge is -2.35. The monoisotopic (exact) mass is 472 g/mol. The minimum Gasteiger partial charge on any atom is -0.441 e. The van der Waals surface area contributed by atoms with E-state index < -0.39 is 0 Å². The number of amides is 1. The molecule has 184 valence electrons. The minimum absolute atomic E-state index is 0.0161. The smallest absolute Gasteiger partial charge is 0.251 e. The van der Waals surface area contributed by atoms with Gasteiger partial charge in [0, 0.05) is 55.6 Å². The Labute approximate surface area is 208 Å². The molecule has 2 aromatic carbocycles. The highest BCUT2D eigenvalue weighted by Gasteiger charge is 2.21. The molecule has 0 unspecified atom stereocenters. The number of piperazine rings is 1. The highest BCUT2D eigenvalue weighted by molar-refractivity contribution is 5.94. The predicted octanol–water partition coefficient (Wildman–Crippen LogP) is 5.42. The number of nitrogens with zero attached hydrogens (tertiary/aromatic N) is 3. The van der Waals surface area contributed by atoms with Crippen molar-refractivity contribution in [2.45, 2.75) is 58.0 Å². The van der Waals surface area contributed by atoms with Gasteiger partial charge in [-0.05, 0) is 56.2 Å². The van der Waals surface area contributed by atoms with Crippen molar-refractivity contribution in [1.82, 2.24) is 15.2 Å². The van der Waals surface area contributed by atoms with Crippen LogP contribution in [0.25, 0.3) is 11.5 Å². The number of aromatic nitrogens is 1. The normalized spacial score (nSPS) is 17.8. The largest absolute Gasteiger partial charge is 0.441 e. The molecule has 6 nitrogen and oxygen atoms in total. The zero-order valence-electron chi connectivity index (χ0n) is 20.7. The van der Waals surface area contributed by atoms with Gasteiger partial charge < -0.3 is 14.6 Å². The van der Waals surface area contributed by atoms with Crippen LogP contribution < -0.4 is 10.2 Å². The van der Waals surface area contributed by atoms with Gasteiger partial charge >= 0.3 is 0 Å². The molecule has 0 radical (unpaired) electrons. The van der Waals surface area contributed by atoms with Crippen LogP contribution in [0.1, 0.15) is 60.3 Å². The fourth-order valence-electron chi connectivity index (χ4n) is 5.17. The Morgan fingerprint density at radius 2 is 1.63 bits per heavy atom. The van der Waals surface area contributed by atoms with E-state index in [1.807, 2.05) is 31.2 Å². The molecule has 1 aliphatic carbocycles. The van der Waals surface area contributed by atoms with E-state index in [1.54, 1.807) is 0 Å². The Hall–Kier alpha value is -3.12. The van der Waals surface area contributed by atoms with Crippen LogP contribution in [-0.2, 0) is 6.54 Å². The highest BCUT2D eigenvalue weighted by Crippen LogP contribution is 2.24. The van der Waals surface area contributed by atoms with Gasteiger partial charge in [-0.3, -0.25) is 9.69 Å². The number of para-hydroxylation sites is 1. The van der Waals surface area contributed by atoms with Crippen molar-refractivity contribution in [3.8, 4) is 11.5 Å². The first-order valence-electron chi connectivity index (χ1n) is 13.1. The zero-order chi connectivity index (χ0) is 24.0. The molecule has 1 aromatic heterocycles. The molecule has 3 aromatic rings. The van der Waals surface area contributed by atoms with Gasteiger partial charge in [-0.1, -0.05) is 43.9 Å². The molecule has 1 aliphatic heterocycles. The molecule has 1 amide bonds. The number of nitrogens with one attached hydrogen (secondary N) is 1. The van der Waals surface area contributed by atoms with E-state index in [0.717, 1.165) is 62.6 Å². The molecule has 6 heteroatoms. The first kappa shape index (κ1) is 23.6. The van der Waals surface area contributed by atoms with Gasteiger partial charge in [-0.25, -0.2) is 4.98 Å². The SMILES string of the molecule is Cc1oc(-c2ccc(C(=O)NC3CCCCCC3)cc2)nc1CN1CCN(c2ccccc2)CC1. The second kappa shape index (κ2) is 11.1. The summed E-state index contributed by atoms with van der Waals surface area (Å²) in [5.74, 6) is 1.50. The fraction of sp³-hybridized carbons (Fsp3) is 0.448. The maximum Gasteiger partial charge on any atom is 0.251 e. The molecule has 1 N–H and O–H groups in total. The second-order valence-corrected chi connectivity index (χ2v) is 9.86. The third kappa shape index (κ3) is 5.93. The van der Waals surface area contributed by atoms with Gasteiger partial charge in [0.15, 0.2) is 0 Å². The molecular weight excluding hydrogens is 436 g/mol. The molecule has 0 bridgehead atoms. The third-order valence-electron chi connectivity index (χ3n) is 7.34. The quantitative estimate of drug-likeness (QED) is 0.485. The fourth-order valence-corrected chi connectivity index (χ4v) is 5.17. The van der Waals surface area contributed by atoms with Crippen LogP contribution in [0.15, 0.2) is 59.0 Å². The number of benzene rings is 2. The van der Waals surface area contributed by atoms with E-state index in [4.69, 9.17) is 9.40 Å². The van der Waals surface area contributed by atoms with Crippen molar-refractivity contribution < 1.29 is 9.21 Å². The van der Waals surface area contributed by atoms with Gasteiger partial charge in [0.2, 0.25) is 5.89 Å². The molecule has 35 heavy (non-hydrogen) atoms. The van der Waals surface area contributed by atoms with Crippen LogP contribution in [0.3, 0.4) is 0 Å². The van der Waals surface area contributed by atoms with Crippen molar-refractivity contribution in [2.24, 2.45) is 0 Å². The van der Waals surface area contributed by atoms with E-state index in [2.05, 4.69) is 45.4 Å². The van der Waals surface area contributed by atoms with Crippen LogP contribution in [0.5, 0.6) is 0 Å². The molecule has 2 fully saturated rings. The Morgan fingerprint density at radius 3 is 2.31 bits per heavy atom. The number of rotatable bonds is 6. The summed E-state index contributed by atoms with van der Waals surface area (Å²) in [5, 5.41) is 3.22. The number of hydrogen-bond donors (Lipinski definition) is 1. The first-order valence-corrected chi connectivity index (χ1v) is 13.1. The zero-order valence-corrected chi connectivity index (χ0v) is 20.7. The molecule has 2 heterocycles. The lowest BCUT2D eigenvalue weighted by molar-refractivity contribution is 0.0933. The maximum absolute atomic E-state index is 12.7. The number of aryl methyl sites for hydroxylation is 1. The van der Waals surface area contributed by atoms with Gasteiger partial charge in [-0.2, -0.15) is 0 Å². The van der Waals surface area contributed by atoms with Crippen molar-refractivity contribution in [3.63, 3.8) is 0 Å². The van der Waals surface area contributed by atoms with E-state index in [9.17, 15) is 4.79 Å².